The Morgan fingerprint density at radius 3 is 2.44 bits per heavy atom. The standard InChI is InChI=1S/C18H17Cl3N2O2/c1-12(24)23(15-5-6-16(20)17(21)10-15)11-18(25)22-8-7-13-3-2-4-14(19)9-13/h2-6,9-10H,7-8,11H2,1H3,(H,22,25). The number of nitrogens with one attached hydrogen (secondary N) is 1. The number of hydrogen-bond donors (Lipinski definition) is 1. The van der Waals surface area contributed by atoms with Gasteiger partial charge in [-0.15, -0.1) is 0 Å². The normalized spacial score (nSPS) is 10.4. The first-order chi connectivity index (χ1) is 11.9. The number of halogens is 3. The summed E-state index contributed by atoms with van der Waals surface area (Å²) >= 11 is 17.8. The predicted molar refractivity (Wildman–Crippen MR) is 103 cm³/mol. The van der Waals surface area contributed by atoms with Gasteiger partial charge in [-0.25, -0.2) is 0 Å². The van der Waals surface area contributed by atoms with E-state index in [0.717, 1.165) is 5.56 Å². The summed E-state index contributed by atoms with van der Waals surface area (Å²) in [6.45, 7) is 1.75. The third-order valence-corrected chi connectivity index (χ3v) is 4.50. The fourth-order valence-corrected chi connectivity index (χ4v) is 2.78. The second-order valence-corrected chi connectivity index (χ2v) is 6.68. The average molecular weight is 400 g/mol. The van der Waals surface area contributed by atoms with Gasteiger partial charge in [0.1, 0.15) is 6.54 Å². The van der Waals surface area contributed by atoms with Gasteiger partial charge in [0.15, 0.2) is 0 Å². The van der Waals surface area contributed by atoms with Crippen LogP contribution in [-0.2, 0) is 16.0 Å². The lowest BCUT2D eigenvalue weighted by molar-refractivity contribution is -0.123. The fraction of sp³-hybridized carbons (Fsp3) is 0.222. The van der Waals surface area contributed by atoms with Crippen LogP contribution in [0.5, 0.6) is 0 Å². The third-order valence-electron chi connectivity index (χ3n) is 3.52. The molecule has 0 aromatic heterocycles. The molecule has 0 bridgehead atoms. The summed E-state index contributed by atoms with van der Waals surface area (Å²) in [5, 5.41) is 4.17. The number of rotatable bonds is 6. The minimum Gasteiger partial charge on any atom is -0.354 e. The highest BCUT2D eigenvalue weighted by molar-refractivity contribution is 6.42. The summed E-state index contributed by atoms with van der Waals surface area (Å²) in [6.07, 6.45) is 0.652. The van der Waals surface area contributed by atoms with Crippen molar-refractivity contribution in [1.82, 2.24) is 5.32 Å². The Hall–Kier alpha value is -1.75. The summed E-state index contributed by atoms with van der Waals surface area (Å²) in [4.78, 5) is 25.4. The highest BCUT2D eigenvalue weighted by Crippen LogP contribution is 2.27. The van der Waals surface area contributed by atoms with Crippen LogP contribution in [0.1, 0.15) is 12.5 Å². The van der Waals surface area contributed by atoms with E-state index in [4.69, 9.17) is 34.8 Å². The first kappa shape index (κ1) is 19.6. The Morgan fingerprint density at radius 2 is 1.80 bits per heavy atom. The van der Waals surface area contributed by atoms with Crippen LogP contribution in [0.4, 0.5) is 5.69 Å². The van der Waals surface area contributed by atoms with Crippen molar-refractivity contribution in [2.24, 2.45) is 0 Å². The maximum atomic E-state index is 12.2. The second kappa shape index (κ2) is 9.09. The van der Waals surface area contributed by atoms with Gasteiger partial charge in [0.2, 0.25) is 11.8 Å². The van der Waals surface area contributed by atoms with Crippen LogP contribution >= 0.6 is 34.8 Å². The quantitative estimate of drug-likeness (QED) is 0.784. The molecule has 0 heterocycles. The molecule has 0 unspecified atom stereocenters. The van der Waals surface area contributed by atoms with E-state index in [1.807, 2.05) is 18.2 Å². The lowest BCUT2D eigenvalue weighted by Crippen LogP contribution is -2.40. The van der Waals surface area contributed by atoms with Crippen molar-refractivity contribution in [3.05, 3.63) is 63.1 Å². The van der Waals surface area contributed by atoms with Crippen LogP contribution in [0.3, 0.4) is 0 Å². The molecule has 0 saturated heterocycles. The molecule has 2 aromatic carbocycles. The van der Waals surface area contributed by atoms with Crippen LogP contribution in [0.15, 0.2) is 42.5 Å². The predicted octanol–water partition coefficient (Wildman–Crippen LogP) is 4.36. The van der Waals surface area contributed by atoms with Crippen LogP contribution in [-0.4, -0.2) is 24.9 Å². The molecule has 0 aliphatic heterocycles. The van der Waals surface area contributed by atoms with E-state index in [2.05, 4.69) is 5.32 Å². The summed E-state index contributed by atoms with van der Waals surface area (Å²) < 4.78 is 0. The second-order valence-electron chi connectivity index (χ2n) is 5.43. The average Bonchev–Trinajstić information content (AvgIpc) is 2.55. The summed E-state index contributed by atoms with van der Waals surface area (Å²) in [7, 11) is 0. The highest BCUT2D eigenvalue weighted by atomic mass is 35.5. The largest absolute Gasteiger partial charge is 0.354 e. The van der Waals surface area contributed by atoms with E-state index in [9.17, 15) is 9.59 Å². The number of carbonyl (C=O) groups is 2. The van der Waals surface area contributed by atoms with Gasteiger partial charge in [0, 0.05) is 24.2 Å². The van der Waals surface area contributed by atoms with E-state index in [0.29, 0.717) is 33.7 Å². The zero-order chi connectivity index (χ0) is 18.4. The van der Waals surface area contributed by atoms with Gasteiger partial charge in [-0.3, -0.25) is 9.59 Å². The smallest absolute Gasteiger partial charge is 0.240 e. The minimum atomic E-state index is -0.261. The van der Waals surface area contributed by atoms with Crippen molar-refractivity contribution in [3.63, 3.8) is 0 Å². The molecule has 25 heavy (non-hydrogen) atoms. The SMILES string of the molecule is CC(=O)N(CC(=O)NCCc1cccc(Cl)c1)c1ccc(Cl)c(Cl)c1. The van der Waals surface area contributed by atoms with E-state index in [1.165, 1.54) is 11.8 Å². The van der Waals surface area contributed by atoms with Gasteiger partial charge in [0.25, 0.3) is 0 Å². The molecule has 2 aromatic rings. The molecule has 7 heteroatoms. The van der Waals surface area contributed by atoms with Crippen molar-refractivity contribution in [1.29, 1.82) is 0 Å². The molecule has 4 nitrogen and oxygen atoms in total. The van der Waals surface area contributed by atoms with Crippen molar-refractivity contribution in [2.75, 3.05) is 18.0 Å². The number of anilines is 1. The van der Waals surface area contributed by atoms with Crippen molar-refractivity contribution in [2.45, 2.75) is 13.3 Å². The Morgan fingerprint density at radius 1 is 1.04 bits per heavy atom. The Bertz CT molecular complexity index is 781. The number of carbonyl (C=O) groups excluding carboxylic acids is 2. The van der Waals surface area contributed by atoms with E-state index in [1.54, 1.807) is 24.3 Å². The van der Waals surface area contributed by atoms with E-state index >= 15 is 0 Å². The topological polar surface area (TPSA) is 49.4 Å². The summed E-state index contributed by atoms with van der Waals surface area (Å²) in [6, 6.07) is 12.2. The fourth-order valence-electron chi connectivity index (χ4n) is 2.28. The van der Waals surface area contributed by atoms with Crippen LogP contribution < -0.4 is 10.2 Å². The van der Waals surface area contributed by atoms with E-state index < -0.39 is 0 Å². The van der Waals surface area contributed by atoms with Gasteiger partial charge in [0.05, 0.1) is 10.0 Å². The molecular weight excluding hydrogens is 383 g/mol. The Kier molecular flexibility index (Phi) is 7.12. The molecule has 2 amide bonds. The van der Waals surface area contributed by atoms with Crippen molar-refractivity contribution in [3.8, 4) is 0 Å². The first-order valence-electron chi connectivity index (χ1n) is 7.61. The molecule has 1 N–H and O–H groups in total. The van der Waals surface area contributed by atoms with Gasteiger partial charge in [-0.1, -0.05) is 46.9 Å². The lowest BCUT2D eigenvalue weighted by Gasteiger charge is -2.21. The van der Waals surface area contributed by atoms with Gasteiger partial charge in [-0.05, 0) is 42.3 Å². The number of nitrogens with zero attached hydrogens (tertiary/aromatic N) is 1. The van der Waals surface area contributed by atoms with Crippen LogP contribution in [0.2, 0.25) is 15.1 Å². The van der Waals surface area contributed by atoms with Gasteiger partial charge in [-0.2, -0.15) is 0 Å². The Balaban J connectivity index is 1.93. The Labute approximate surface area is 161 Å². The molecule has 132 valence electrons. The van der Waals surface area contributed by atoms with Crippen LogP contribution in [0, 0.1) is 0 Å². The van der Waals surface area contributed by atoms with Crippen LogP contribution in [0.25, 0.3) is 0 Å². The maximum absolute atomic E-state index is 12.2. The monoisotopic (exact) mass is 398 g/mol. The van der Waals surface area contributed by atoms with Gasteiger partial charge >= 0.3 is 0 Å². The summed E-state index contributed by atoms with van der Waals surface area (Å²) in [5.74, 6) is -0.522. The lowest BCUT2D eigenvalue weighted by atomic mass is 10.1. The zero-order valence-electron chi connectivity index (χ0n) is 13.6. The summed E-state index contributed by atoms with van der Waals surface area (Å²) in [5.41, 5.74) is 1.55. The first-order valence-corrected chi connectivity index (χ1v) is 8.74. The molecule has 2 rings (SSSR count). The van der Waals surface area contributed by atoms with Crippen molar-refractivity contribution >= 4 is 52.3 Å². The molecule has 0 radical (unpaired) electrons. The molecule has 0 aliphatic rings. The number of amides is 2. The third kappa shape index (κ3) is 5.92. The molecular formula is C18H17Cl3N2O2. The number of benzene rings is 2. The highest BCUT2D eigenvalue weighted by Gasteiger charge is 2.16. The van der Waals surface area contributed by atoms with E-state index in [-0.39, 0.29) is 18.4 Å². The molecule has 0 atom stereocenters. The molecule has 0 aliphatic carbocycles. The zero-order valence-corrected chi connectivity index (χ0v) is 15.8. The molecule has 0 saturated carbocycles. The maximum Gasteiger partial charge on any atom is 0.240 e. The molecule has 0 fully saturated rings. The number of hydrogen-bond acceptors (Lipinski definition) is 2. The minimum absolute atomic E-state index is 0.0944. The molecule has 0 spiro atoms. The van der Waals surface area contributed by atoms with Crippen molar-refractivity contribution < 1.29 is 9.59 Å². The van der Waals surface area contributed by atoms with Gasteiger partial charge < -0.3 is 10.2 Å².